The number of likely N-dealkylation sites (tertiary alicyclic amines) is 1. The Bertz CT molecular complexity index is 725. The second-order valence-electron chi connectivity index (χ2n) is 6.82. The molecule has 0 aromatic carbocycles. The zero-order chi connectivity index (χ0) is 18.5. The molecule has 2 aromatic heterocycles. The molecule has 1 aliphatic heterocycles. The normalized spacial score (nSPS) is 16.2. The Morgan fingerprint density at radius 3 is 2.70 bits per heavy atom. The first-order valence-corrected chi connectivity index (χ1v) is 9.46. The molecule has 0 spiro atoms. The molecule has 1 atom stereocenters. The largest absolute Gasteiger partial charge is 0.468 e. The number of hydrogen-bond acceptors (Lipinski definition) is 3. The van der Waals surface area contributed by atoms with E-state index >= 15 is 0 Å². The lowest BCUT2D eigenvalue weighted by molar-refractivity contribution is 0.214. The van der Waals surface area contributed by atoms with Crippen LogP contribution in [0.4, 0.5) is 0 Å². The van der Waals surface area contributed by atoms with Crippen molar-refractivity contribution in [2.75, 3.05) is 33.7 Å². The van der Waals surface area contributed by atoms with E-state index in [1.54, 1.807) is 6.26 Å². The number of nitrogens with one attached hydrogen (secondary N) is 1. The van der Waals surface area contributed by atoms with Crippen LogP contribution in [0.25, 0.3) is 0 Å². The quantitative estimate of drug-likeness (QED) is 0.369. The summed E-state index contributed by atoms with van der Waals surface area (Å²) >= 11 is 6.09. The van der Waals surface area contributed by atoms with Crippen LogP contribution in [0.3, 0.4) is 0 Å². The molecular weight excluding hydrogens is 477 g/mol. The summed E-state index contributed by atoms with van der Waals surface area (Å²) in [4.78, 5) is 9.03. The zero-order valence-corrected chi connectivity index (χ0v) is 19.3. The summed E-state index contributed by atoms with van der Waals surface area (Å²) in [6, 6.07) is 6.23. The molecule has 0 amide bonds. The summed E-state index contributed by atoms with van der Waals surface area (Å²) in [5.41, 5.74) is 1.14. The first kappa shape index (κ1) is 22.1. The van der Waals surface area contributed by atoms with Crippen LogP contribution in [0.1, 0.15) is 30.3 Å². The molecule has 0 bridgehead atoms. The van der Waals surface area contributed by atoms with Crippen molar-refractivity contribution in [3.8, 4) is 0 Å². The van der Waals surface area contributed by atoms with Gasteiger partial charge < -0.3 is 19.2 Å². The number of aromatic nitrogens is 1. The van der Waals surface area contributed by atoms with Crippen LogP contribution in [0.15, 0.2) is 40.1 Å². The van der Waals surface area contributed by atoms with Crippen molar-refractivity contribution in [3.05, 3.63) is 47.1 Å². The Labute approximate surface area is 183 Å². The summed E-state index contributed by atoms with van der Waals surface area (Å²) in [6.07, 6.45) is 6.17. The molecule has 150 valence electrons. The van der Waals surface area contributed by atoms with E-state index in [1.807, 2.05) is 44.0 Å². The molecule has 0 radical (unpaired) electrons. The Morgan fingerprint density at radius 1 is 1.41 bits per heavy atom. The maximum absolute atomic E-state index is 6.09. The second-order valence-corrected chi connectivity index (χ2v) is 7.26. The first-order chi connectivity index (χ1) is 12.6. The Balaban J connectivity index is 0.00000261. The van der Waals surface area contributed by atoms with E-state index in [2.05, 4.69) is 26.2 Å². The van der Waals surface area contributed by atoms with Crippen molar-refractivity contribution < 1.29 is 4.42 Å². The van der Waals surface area contributed by atoms with Gasteiger partial charge in [-0.05, 0) is 44.1 Å². The number of guanidine groups is 1. The van der Waals surface area contributed by atoms with Crippen LogP contribution in [-0.2, 0) is 13.6 Å². The maximum Gasteiger partial charge on any atom is 0.193 e. The molecule has 1 fully saturated rings. The molecular formula is C19H29ClIN5O. The van der Waals surface area contributed by atoms with Crippen LogP contribution < -0.4 is 5.32 Å². The van der Waals surface area contributed by atoms with Gasteiger partial charge in [-0.2, -0.15) is 0 Å². The molecule has 27 heavy (non-hydrogen) atoms. The van der Waals surface area contributed by atoms with E-state index < -0.39 is 0 Å². The Kier molecular flexibility index (Phi) is 8.50. The third-order valence-electron chi connectivity index (χ3n) is 4.95. The van der Waals surface area contributed by atoms with Crippen LogP contribution in [0, 0.1) is 0 Å². The average molecular weight is 506 g/mol. The highest BCUT2D eigenvalue weighted by molar-refractivity contribution is 14.0. The predicted octanol–water partition coefficient (Wildman–Crippen LogP) is 3.73. The van der Waals surface area contributed by atoms with Gasteiger partial charge in [-0.15, -0.1) is 24.0 Å². The smallest absolute Gasteiger partial charge is 0.193 e. The van der Waals surface area contributed by atoms with Gasteiger partial charge in [0.2, 0.25) is 0 Å². The molecule has 2 aromatic rings. The van der Waals surface area contributed by atoms with Gasteiger partial charge in [0.25, 0.3) is 0 Å². The minimum Gasteiger partial charge on any atom is -0.468 e. The van der Waals surface area contributed by atoms with Crippen molar-refractivity contribution in [1.82, 2.24) is 19.7 Å². The van der Waals surface area contributed by atoms with Crippen LogP contribution >= 0.6 is 35.6 Å². The number of nitrogens with zero attached hydrogens (tertiary/aromatic N) is 4. The minimum atomic E-state index is 0. The van der Waals surface area contributed by atoms with Gasteiger partial charge in [-0.3, -0.25) is 9.89 Å². The van der Waals surface area contributed by atoms with Gasteiger partial charge in [0.15, 0.2) is 5.96 Å². The van der Waals surface area contributed by atoms with E-state index in [-0.39, 0.29) is 30.0 Å². The highest BCUT2D eigenvalue weighted by Gasteiger charge is 2.26. The third kappa shape index (κ3) is 5.65. The molecule has 1 unspecified atom stereocenters. The molecule has 1 N–H and O–H groups in total. The van der Waals surface area contributed by atoms with E-state index in [4.69, 9.17) is 16.0 Å². The van der Waals surface area contributed by atoms with Crippen LogP contribution in [-0.4, -0.2) is 54.1 Å². The molecule has 1 saturated heterocycles. The molecule has 1 aliphatic rings. The van der Waals surface area contributed by atoms with Gasteiger partial charge in [0.05, 0.1) is 23.9 Å². The number of hydrogen-bond donors (Lipinski definition) is 1. The van der Waals surface area contributed by atoms with E-state index in [1.165, 1.54) is 12.8 Å². The lowest BCUT2D eigenvalue weighted by Crippen LogP contribution is -2.43. The average Bonchev–Trinajstić information content (AvgIpc) is 3.35. The molecule has 3 rings (SSSR count). The second kappa shape index (κ2) is 10.4. The van der Waals surface area contributed by atoms with E-state index in [0.29, 0.717) is 0 Å². The van der Waals surface area contributed by atoms with Crippen LogP contribution in [0.2, 0.25) is 5.02 Å². The van der Waals surface area contributed by atoms with E-state index in [9.17, 15) is 0 Å². The summed E-state index contributed by atoms with van der Waals surface area (Å²) in [7, 11) is 5.86. The monoisotopic (exact) mass is 505 g/mol. The van der Waals surface area contributed by atoms with Crippen molar-refractivity contribution in [1.29, 1.82) is 0 Å². The zero-order valence-electron chi connectivity index (χ0n) is 16.2. The fourth-order valence-electron chi connectivity index (χ4n) is 3.56. The topological polar surface area (TPSA) is 48.9 Å². The van der Waals surface area contributed by atoms with Crippen molar-refractivity contribution >= 4 is 41.5 Å². The summed E-state index contributed by atoms with van der Waals surface area (Å²) < 4.78 is 7.74. The lowest BCUT2D eigenvalue weighted by atomic mass is 10.2. The predicted molar refractivity (Wildman–Crippen MR) is 121 cm³/mol. The van der Waals surface area contributed by atoms with Gasteiger partial charge in [0, 0.05) is 39.6 Å². The summed E-state index contributed by atoms with van der Waals surface area (Å²) in [6.45, 7) is 3.73. The van der Waals surface area contributed by atoms with E-state index in [0.717, 1.165) is 48.6 Å². The van der Waals surface area contributed by atoms with Crippen LogP contribution in [0.5, 0.6) is 0 Å². The van der Waals surface area contributed by atoms with Crippen molar-refractivity contribution in [3.63, 3.8) is 0 Å². The summed E-state index contributed by atoms with van der Waals surface area (Å²) in [5.74, 6) is 1.87. The fourth-order valence-corrected chi connectivity index (χ4v) is 3.83. The standard InChI is InChI=1S/C19H28ClN5O.HI/c1-21-19(24(3)14-16-11-15(20)13-23(16)2)22-12-17(18-7-6-10-26-18)25-8-4-5-9-25;/h6-7,10-11,13,17H,4-5,8-9,12,14H2,1-3H3,(H,21,22);1H. The van der Waals surface area contributed by atoms with Gasteiger partial charge in [0.1, 0.15) is 5.76 Å². The number of furan rings is 1. The Hall–Kier alpha value is -1.19. The number of aliphatic imine (C=N–C) groups is 1. The van der Waals surface area contributed by atoms with Crippen molar-refractivity contribution in [2.24, 2.45) is 12.0 Å². The molecule has 3 heterocycles. The molecule has 0 aliphatic carbocycles. The first-order valence-electron chi connectivity index (χ1n) is 9.08. The SMILES string of the molecule is CN=C(NCC(c1ccco1)N1CCCC1)N(C)Cc1cc(Cl)cn1C.I. The highest BCUT2D eigenvalue weighted by Crippen LogP contribution is 2.25. The van der Waals surface area contributed by atoms with Gasteiger partial charge >= 0.3 is 0 Å². The third-order valence-corrected chi connectivity index (χ3v) is 5.16. The van der Waals surface area contributed by atoms with Gasteiger partial charge in [-0.1, -0.05) is 11.6 Å². The molecule has 8 heteroatoms. The molecule has 6 nitrogen and oxygen atoms in total. The fraction of sp³-hybridized carbons (Fsp3) is 0.526. The number of rotatable bonds is 6. The van der Waals surface area contributed by atoms with Gasteiger partial charge in [-0.25, -0.2) is 0 Å². The number of aryl methyl sites for hydroxylation is 1. The minimum absolute atomic E-state index is 0. The highest BCUT2D eigenvalue weighted by atomic mass is 127. The summed E-state index contributed by atoms with van der Waals surface area (Å²) in [5, 5.41) is 4.27. The number of halogens is 2. The Morgan fingerprint density at radius 2 is 2.15 bits per heavy atom. The molecule has 0 saturated carbocycles. The maximum atomic E-state index is 6.09. The van der Waals surface area contributed by atoms with Crippen molar-refractivity contribution in [2.45, 2.75) is 25.4 Å². The lowest BCUT2D eigenvalue weighted by Gasteiger charge is -2.29.